The van der Waals surface area contributed by atoms with Gasteiger partial charge in [0.15, 0.2) is 0 Å². The first-order valence-electron chi connectivity index (χ1n) is 6.65. The van der Waals surface area contributed by atoms with Crippen LogP contribution in [-0.2, 0) is 10.1 Å². The van der Waals surface area contributed by atoms with Gasteiger partial charge in [-0.2, -0.15) is 8.42 Å². The van der Waals surface area contributed by atoms with Gasteiger partial charge in [0, 0.05) is 5.02 Å². The maximum atomic E-state index is 12.4. The van der Waals surface area contributed by atoms with Gasteiger partial charge in [-0.15, -0.1) is 0 Å². The van der Waals surface area contributed by atoms with E-state index in [4.69, 9.17) is 15.8 Å². The lowest BCUT2D eigenvalue weighted by atomic mass is 10.1. The second kappa shape index (κ2) is 5.63. The van der Waals surface area contributed by atoms with Gasteiger partial charge >= 0.3 is 10.1 Å². The summed E-state index contributed by atoms with van der Waals surface area (Å²) in [6.07, 6.45) is 0. The zero-order chi connectivity index (χ0) is 15.7. The van der Waals surface area contributed by atoms with Crippen LogP contribution in [0.2, 0.25) is 5.02 Å². The van der Waals surface area contributed by atoms with Crippen molar-refractivity contribution in [3.8, 4) is 5.75 Å². The Morgan fingerprint density at radius 2 is 1.64 bits per heavy atom. The van der Waals surface area contributed by atoms with Gasteiger partial charge in [0.1, 0.15) is 10.6 Å². The Morgan fingerprint density at radius 3 is 2.36 bits per heavy atom. The van der Waals surface area contributed by atoms with E-state index in [1.807, 2.05) is 24.3 Å². The quantitative estimate of drug-likeness (QED) is 0.660. The molecule has 0 radical (unpaired) electrons. The molecule has 112 valence electrons. The van der Waals surface area contributed by atoms with Crippen molar-refractivity contribution in [2.45, 2.75) is 11.8 Å². The van der Waals surface area contributed by atoms with Crippen molar-refractivity contribution in [3.05, 3.63) is 71.2 Å². The predicted octanol–water partition coefficient (Wildman–Crippen LogP) is 4.57. The molecule has 0 spiro atoms. The number of benzene rings is 3. The fraction of sp³-hybridized carbons (Fsp3) is 0.0588. The van der Waals surface area contributed by atoms with Crippen LogP contribution in [0.25, 0.3) is 10.8 Å². The molecule has 3 rings (SSSR count). The molecular formula is C17H13ClO3S. The molecule has 0 heterocycles. The van der Waals surface area contributed by atoms with Crippen LogP contribution in [-0.4, -0.2) is 8.42 Å². The van der Waals surface area contributed by atoms with Crippen LogP contribution in [0.15, 0.2) is 65.6 Å². The van der Waals surface area contributed by atoms with Crippen LogP contribution in [0, 0.1) is 6.92 Å². The van der Waals surface area contributed by atoms with Gasteiger partial charge in [-0.1, -0.05) is 41.9 Å². The molecule has 0 fully saturated rings. The highest BCUT2D eigenvalue weighted by molar-refractivity contribution is 7.87. The molecular weight excluding hydrogens is 320 g/mol. The molecule has 0 aliphatic rings. The van der Waals surface area contributed by atoms with E-state index in [-0.39, 0.29) is 10.6 Å². The Morgan fingerprint density at radius 1 is 0.909 bits per heavy atom. The van der Waals surface area contributed by atoms with Gasteiger partial charge in [-0.3, -0.25) is 0 Å². The number of hydrogen-bond acceptors (Lipinski definition) is 3. The standard InChI is InChI=1S/C17H13ClO3S/c1-12-10-15(7-9-17(12)18)21-22(19,20)16-8-6-13-4-2-3-5-14(13)11-16/h2-11H,1H3. The molecule has 5 heteroatoms. The van der Waals surface area contributed by atoms with Crippen molar-refractivity contribution in [1.29, 1.82) is 0 Å². The normalized spacial score (nSPS) is 11.5. The summed E-state index contributed by atoms with van der Waals surface area (Å²) in [5, 5.41) is 2.39. The van der Waals surface area contributed by atoms with Gasteiger partial charge in [-0.05, 0) is 53.6 Å². The molecule has 0 aliphatic carbocycles. The lowest BCUT2D eigenvalue weighted by Gasteiger charge is -2.09. The summed E-state index contributed by atoms with van der Waals surface area (Å²) >= 11 is 5.93. The highest BCUT2D eigenvalue weighted by atomic mass is 35.5. The summed E-state index contributed by atoms with van der Waals surface area (Å²) < 4.78 is 30.0. The molecule has 3 nitrogen and oxygen atoms in total. The minimum atomic E-state index is -3.88. The molecule has 0 unspecified atom stereocenters. The smallest absolute Gasteiger partial charge is 0.339 e. The van der Waals surface area contributed by atoms with E-state index in [0.717, 1.165) is 16.3 Å². The topological polar surface area (TPSA) is 43.4 Å². The summed E-state index contributed by atoms with van der Waals surface area (Å²) in [6, 6.07) is 17.2. The number of aryl methyl sites for hydroxylation is 1. The van der Waals surface area contributed by atoms with Crippen LogP contribution in [0.5, 0.6) is 5.75 Å². The Labute approximate surface area is 134 Å². The van der Waals surface area contributed by atoms with Crippen LogP contribution in [0.4, 0.5) is 0 Å². The molecule has 0 atom stereocenters. The first-order valence-corrected chi connectivity index (χ1v) is 8.44. The van der Waals surface area contributed by atoms with E-state index in [9.17, 15) is 8.42 Å². The minimum absolute atomic E-state index is 0.124. The van der Waals surface area contributed by atoms with Gasteiger partial charge in [-0.25, -0.2) is 0 Å². The van der Waals surface area contributed by atoms with E-state index < -0.39 is 10.1 Å². The number of halogens is 1. The number of fused-ring (bicyclic) bond motifs is 1. The SMILES string of the molecule is Cc1cc(OS(=O)(=O)c2ccc3ccccc3c2)ccc1Cl. The summed E-state index contributed by atoms with van der Waals surface area (Å²) in [4.78, 5) is 0.124. The Bertz CT molecular complexity index is 949. The molecule has 0 saturated heterocycles. The molecule has 0 bridgehead atoms. The first kappa shape index (κ1) is 14.9. The average Bonchev–Trinajstić information content (AvgIpc) is 2.50. The maximum absolute atomic E-state index is 12.4. The van der Waals surface area contributed by atoms with Crippen molar-refractivity contribution in [2.24, 2.45) is 0 Å². The molecule has 0 amide bonds. The van der Waals surface area contributed by atoms with Crippen molar-refractivity contribution >= 4 is 32.5 Å². The second-order valence-corrected chi connectivity index (χ2v) is 6.91. The maximum Gasteiger partial charge on any atom is 0.339 e. The van der Waals surface area contributed by atoms with Crippen LogP contribution in [0.1, 0.15) is 5.56 Å². The molecule has 3 aromatic rings. The third kappa shape index (κ3) is 2.93. The third-order valence-corrected chi connectivity index (χ3v) is 5.01. The van der Waals surface area contributed by atoms with Gasteiger partial charge < -0.3 is 4.18 Å². The average molecular weight is 333 g/mol. The van der Waals surface area contributed by atoms with Gasteiger partial charge in [0.2, 0.25) is 0 Å². The summed E-state index contributed by atoms with van der Waals surface area (Å²) in [7, 11) is -3.88. The highest BCUT2D eigenvalue weighted by Crippen LogP contribution is 2.25. The fourth-order valence-corrected chi connectivity index (χ4v) is 3.24. The molecule has 22 heavy (non-hydrogen) atoms. The number of rotatable bonds is 3. The number of hydrogen-bond donors (Lipinski definition) is 0. The van der Waals surface area contributed by atoms with Gasteiger partial charge in [0.05, 0.1) is 0 Å². The van der Waals surface area contributed by atoms with Crippen molar-refractivity contribution < 1.29 is 12.6 Å². The monoisotopic (exact) mass is 332 g/mol. The molecule has 0 N–H and O–H groups in total. The predicted molar refractivity (Wildman–Crippen MR) is 88.0 cm³/mol. The second-order valence-electron chi connectivity index (χ2n) is 4.96. The largest absolute Gasteiger partial charge is 0.379 e. The van der Waals surface area contributed by atoms with E-state index in [1.165, 1.54) is 6.07 Å². The van der Waals surface area contributed by atoms with Crippen LogP contribution < -0.4 is 4.18 Å². The van der Waals surface area contributed by atoms with Gasteiger partial charge in [0.25, 0.3) is 0 Å². The van der Waals surface area contributed by atoms with Crippen molar-refractivity contribution in [3.63, 3.8) is 0 Å². The summed E-state index contributed by atoms with van der Waals surface area (Å²) in [6.45, 7) is 1.79. The zero-order valence-corrected chi connectivity index (χ0v) is 13.4. The molecule has 0 aliphatic heterocycles. The lowest BCUT2D eigenvalue weighted by molar-refractivity contribution is 0.486. The summed E-state index contributed by atoms with van der Waals surface area (Å²) in [5.74, 6) is 0.245. The van der Waals surface area contributed by atoms with Crippen molar-refractivity contribution in [2.75, 3.05) is 0 Å². The van der Waals surface area contributed by atoms with E-state index >= 15 is 0 Å². The van der Waals surface area contributed by atoms with E-state index in [0.29, 0.717) is 5.02 Å². The van der Waals surface area contributed by atoms with E-state index in [2.05, 4.69) is 0 Å². The van der Waals surface area contributed by atoms with Crippen molar-refractivity contribution in [1.82, 2.24) is 0 Å². The van der Waals surface area contributed by atoms with Crippen LogP contribution >= 0.6 is 11.6 Å². The molecule has 0 saturated carbocycles. The lowest BCUT2D eigenvalue weighted by Crippen LogP contribution is -2.09. The fourth-order valence-electron chi connectivity index (χ4n) is 2.17. The summed E-state index contributed by atoms with van der Waals surface area (Å²) in [5.41, 5.74) is 0.757. The molecule has 0 aromatic heterocycles. The molecule has 3 aromatic carbocycles. The zero-order valence-electron chi connectivity index (χ0n) is 11.8. The minimum Gasteiger partial charge on any atom is -0.379 e. The third-order valence-electron chi connectivity index (χ3n) is 3.34. The Hall–Kier alpha value is -2.04. The Balaban J connectivity index is 1.98. The van der Waals surface area contributed by atoms with E-state index in [1.54, 1.807) is 37.3 Å². The first-order chi connectivity index (χ1) is 10.5. The van der Waals surface area contributed by atoms with Crippen LogP contribution in [0.3, 0.4) is 0 Å². The highest BCUT2D eigenvalue weighted by Gasteiger charge is 2.17. The Kier molecular flexibility index (Phi) is 3.81.